The summed E-state index contributed by atoms with van der Waals surface area (Å²) < 4.78 is 0. The minimum atomic E-state index is 0.0821. The normalized spacial score (nSPS) is 28.7. The van der Waals surface area contributed by atoms with Gasteiger partial charge in [-0.25, -0.2) is 0 Å². The van der Waals surface area contributed by atoms with E-state index in [1.165, 1.54) is 0 Å². The van der Waals surface area contributed by atoms with Crippen LogP contribution in [0.15, 0.2) is 24.4 Å². The van der Waals surface area contributed by atoms with Gasteiger partial charge in [0.05, 0.1) is 5.69 Å². The molecule has 1 unspecified atom stereocenters. The van der Waals surface area contributed by atoms with Crippen LogP contribution in [0.25, 0.3) is 0 Å². The van der Waals surface area contributed by atoms with Crippen molar-refractivity contribution in [2.45, 2.75) is 37.8 Å². The first-order valence-corrected chi connectivity index (χ1v) is 5.69. The quantitative estimate of drug-likeness (QED) is 0.770. The molecule has 1 atom stereocenters. The van der Waals surface area contributed by atoms with E-state index in [0.717, 1.165) is 31.4 Å². The standard InChI is InChI=1S/C12H19N3/c13-10-6-4-9(5-7-10)12(14)11-3-1-2-8-15-11/h1-3,8-10,12H,4-7,13-14H2. The number of rotatable bonds is 2. The Hall–Kier alpha value is -0.930. The molecule has 1 aliphatic rings. The third-order valence-corrected chi connectivity index (χ3v) is 3.35. The molecule has 1 fully saturated rings. The van der Waals surface area contributed by atoms with E-state index in [-0.39, 0.29) is 6.04 Å². The number of pyridine rings is 1. The predicted octanol–water partition coefficient (Wildman–Crippen LogP) is 1.60. The van der Waals surface area contributed by atoms with E-state index in [1.807, 2.05) is 24.4 Å². The van der Waals surface area contributed by atoms with Gasteiger partial charge >= 0.3 is 0 Å². The molecule has 1 aromatic rings. The first-order valence-electron chi connectivity index (χ1n) is 5.69. The molecule has 82 valence electrons. The summed E-state index contributed by atoms with van der Waals surface area (Å²) in [6.07, 6.45) is 6.29. The van der Waals surface area contributed by atoms with Crippen molar-refractivity contribution >= 4 is 0 Å². The molecule has 1 aliphatic carbocycles. The lowest BCUT2D eigenvalue weighted by Crippen LogP contribution is -2.32. The summed E-state index contributed by atoms with van der Waals surface area (Å²) in [6.45, 7) is 0. The van der Waals surface area contributed by atoms with Gasteiger partial charge in [-0.1, -0.05) is 6.07 Å². The van der Waals surface area contributed by atoms with E-state index in [0.29, 0.717) is 12.0 Å². The zero-order valence-corrected chi connectivity index (χ0v) is 8.97. The molecule has 15 heavy (non-hydrogen) atoms. The van der Waals surface area contributed by atoms with E-state index in [2.05, 4.69) is 4.98 Å². The molecule has 0 saturated heterocycles. The molecule has 0 spiro atoms. The average Bonchev–Trinajstić information content (AvgIpc) is 2.30. The Labute approximate surface area is 90.9 Å². The van der Waals surface area contributed by atoms with Crippen LogP contribution in [0.2, 0.25) is 0 Å². The fraction of sp³-hybridized carbons (Fsp3) is 0.583. The van der Waals surface area contributed by atoms with Crippen LogP contribution in [-0.4, -0.2) is 11.0 Å². The van der Waals surface area contributed by atoms with Gasteiger partial charge < -0.3 is 11.5 Å². The van der Waals surface area contributed by atoms with Crippen LogP contribution in [0.1, 0.15) is 37.4 Å². The molecule has 1 heterocycles. The van der Waals surface area contributed by atoms with Gasteiger partial charge in [-0.15, -0.1) is 0 Å². The average molecular weight is 205 g/mol. The first-order chi connectivity index (χ1) is 7.27. The van der Waals surface area contributed by atoms with Crippen molar-refractivity contribution in [1.29, 1.82) is 0 Å². The Bertz CT molecular complexity index is 291. The maximum absolute atomic E-state index is 6.21. The Morgan fingerprint density at radius 1 is 1.20 bits per heavy atom. The molecule has 3 nitrogen and oxygen atoms in total. The van der Waals surface area contributed by atoms with Crippen LogP contribution in [0.3, 0.4) is 0 Å². The lowest BCUT2D eigenvalue weighted by Gasteiger charge is -2.30. The van der Waals surface area contributed by atoms with Crippen molar-refractivity contribution in [3.05, 3.63) is 30.1 Å². The van der Waals surface area contributed by atoms with Crippen LogP contribution < -0.4 is 11.5 Å². The molecule has 4 N–H and O–H groups in total. The summed E-state index contributed by atoms with van der Waals surface area (Å²) in [5, 5.41) is 0. The maximum Gasteiger partial charge on any atom is 0.0573 e. The molecule has 0 aliphatic heterocycles. The Morgan fingerprint density at radius 3 is 2.53 bits per heavy atom. The van der Waals surface area contributed by atoms with Gasteiger partial charge in [-0.2, -0.15) is 0 Å². The molecule has 3 heteroatoms. The summed E-state index contributed by atoms with van der Waals surface area (Å²) in [6, 6.07) is 6.40. The zero-order chi connectivity index (χ0) is 10.7. The molecule has 0 amide bonds. The molecular formula is C12H19N3. The van der Waals surface area contributed by atoms with Crippen molar-refractivity contribution in [1.82, 2.24) is 4.98 Å². The lowest BCUT2D eigenvalue weighted by atomic mass is 9.81. The second kappa shape index (κ2) is 4.73. The van der Waals surface area contributed by atoms with Crippen molar-refractivity contribution < 1.29 is 0 Å². The Morgan fingerprint density at radius 2 is 1.93 bits per heavy atom. The highest BCUT2D eigenvalue weighted by Crippen LogP contribution is 2.31. The minimum absolute atomic E-state index is 0.0821. The van der Waals surface area contributed by atoms with E-state index in [9.17, 15) is 0 Å². The van der Waals surface area contributed by atoms with Gasteiger partial charge in [0.2, 0.25) is 0 Å². The highest BCUT2D eigenvalue weighted by atomic mass is 14.8. The molecule has 0 radical (unpaired) electrons. The maximum atomic E-state index is 6.21. The minimum Gasteiger partial charge on any atom is -0.328 e. The van der Waals surface area contributed by atoms with Crippen LogP contribution in [-0.2, 0) is 0 Å². The highest BCUT2D eigenvalue weighted by Gasteiger charge is 2.25. The van der Waals surface area contributed by atoms with Crippen LogP contribution in [0, 0.1) is 5.92 Å². The van der Waals surface area contributed by atoms with Crippen molar-refractivity contribution in [3.8, 4) is 0 Å². The Kier molecular flexibility index (Phi) is 3.34. The summed E-state index contributed by atoms with van der Waals surface area (Å²) in [7, 11) is 0. The third-order valence-electron chi connectivity index (χ3n) is 3.35. The fourth-order valence-corrected chi connectivity index (χ4v) is 2.32. The van der Waals surface area contributed by atoms with Gasteiger partial charge in [0.15, 0.2) is 0 Å². The van der Waals surface area contributed by atoms with Gasteiger partial charge in [0, 0.05) is 18.3 Å². The smallest absolute Gasteiger partial charge is 0.0573 e. The van der Waals surface area contributed by atoms with E-state index in [1.54, 1.807) is 0 Å². The molecule has 2 rings (SSSR count). The first kappa shape index (κ1) is 10.6. The van der Waals surface area contributed by atoms with Crippen LogP contribution in [0.5, 0.6) is 0 Å². The molecule has 0 aromatic carbocycles. The summed E-state index contributed by atoms with van der Waals surface area (Å²) in [4.78, 5) is 4.32. The molecule has 0 bridgehead atoms. The third kappa shape index (κ3) is 2.55. The van der Waals surface area contributed by atoms with Crippen molar-refractivity contribution in [3.63, 3.8) is 0 Å². The lowest BCUT2D eigenvalue weighted by molar-refractivity contribution is 0.282. The number of hydrogen-bond donors (Lipinski definition) is 2. The molecule has 1 saturated carbocycles. The number of hydrogen-bond acceptors (Lipinski definition) is 3. The topological polar surface area (TPSA) is 64.9 Å². The van der Waals surface area contributed by atoms with E-state index < -0.39 is 0 Å². The predicted molar refractivity (Wildman–Crippen MR) is 61.1 cm³/mol. The van der Waals surface area contributed by atoms with Crippen LogP contribution in [0.4, 0.5) is 0 Å². The monoisotopic (exact) mass is 205 g/mol. The highest BCUT2D eigenvalue weighted by molar-refractivity contribution is 5.09. The zero-order valence-electron chi connectivity index (χ0n) is 8.97. The number of nitrogens with zero attached hydrogens (tertiary/aromatic N) is 1. The number of aromatic nitrogens is 1. The summed E-state index contributed by atoms with van der Waals surface area (Å²) >= 11 is 0. The Balaban J connectivity index is 1.99. The van der Waals surface area contributed by atoms with E-state index in [4.69, 9.17) is 11.5 Å². The van der Waals surface area contributed by atoms with Crippen molar-refractivity contribution in [2.24, 2.45) is 17.4 Å². The second-order valence-corrected chi connectivity index (χ2v) is 4.46. The summed E-state index contributed by atoms with van der Waals surface area (Å²) in [5.41, 5.74) is 13.1. The van der Waals surface area contributed by atoms with Gasteiger partial charge in [-0.05, 0) is 43.7 Å². The number of nitrogens with two attached hydrogens (primary N) is 2. The summed E-state index contributed by atoms with van der Waals surface area (Å²) in [5.74, 6) is 0.555. The van der Waals surface area contributed by atoms with Crippen LogP contribution >= 0.6 is 0 Å². The second-order valence-electron chi connectivity index (χ2n) is 4.46. The van der Waals surface area contributed by atoms with Crippen molar-refractivity contribution in [2.75, 3.05) is 0 Å². The van der Waals surface area contributed by atoms with Gasteiger partial charge in [0.25, 0.3) is 0 Å². The fourth-order valence-electron chi connectivity index (χ4n) is 2.32. The van der Waals surface area contributed by atoms with Gasteiger partial charge in [0.1, 0.15) is 0 Å². The largest absolute Gasteiger partial charge is 0.328 e. The SMILES string of the molecule is NC1CCC(C(N)c2ccccn2)CC1. The molecular weight excluding hydrogens is 186 g/mol. The van der Waals surface area contributed by atoms with Gasteiger partial charge in [-0.3, -0.25) is 4.98 Å². The molecule has 1 aromatic heterocycles. The van der Waals surface area contributed by atoms with E-state index >= 15 is 0 Å².